The molecule has 0 radical (unpaired) electrons. The molecule has 1 aliphatic heterocycles. The highest BCUT2D eigenvalue weighted by Crippen LogP contribution is 2.16. The van der Waals surface area contributed by atoms with E-state index in [-0.39, 0.29) is 13.3 Å². The summed E-state index contributed by atoms with van der Waals surface area (Å²) in [6.45, 7) is 6.86. The van der Waals surface area contributed by atoms with Crippen molar-refractivity contribution in [3.63, 3.8) is 0 Å². The third kappa shape index (κ3) is 9.70. The van der Waals surface area contributed by atoms with Crippen LogP contribution in [0.1, 0.15) is 40.0 Å². The Morgan fingerprint density at radius 3 is 2.59 bits per heavy atom. The van der Waals surface area contributed by atoms with Crippen molar-refractivity contribution < 1.29 is 14.3 Å². The summed E-state index contributed by atoms with van der Waals surface area (Å²) in [4.78, 5) is 14.2. The third-order valence-corrected chi connectivity index (χ3v) is 4.34. The van der Waals surface area contributed by atoms with Gasteiger partial charge in [-0.1, -0.05) is 27.2 Å². The van der Waals surface area contributed by atoms with Crippen molar-refractivity contribution in [3.8, 4) is 5.75 Å². The number of hydrogen-bond donors (Lipinski definition) is 2. The second-order valence-electron chi connectivity index (χ2n) is 6.29. The zero-order valence-electron chi connectivity index (χ0n) is 15.5. The molecule has 0 bridgehead atoms. The van der Waals surface area contributed by atoms with Crippen LogP contribution in [-0.4, -0.2) is 55.4 Å². The average Bonchev–Trinajstić information content (AvgIpc) is 2.66. The maximum Gasteiger partial charge on any atom is 0.227 e. The van der Waals surface area contributed by atoms with Gasteiger partial charge in [-0.05, 0) is 42.9 Å². The standard InChI is InChI=1S/C19H29N3O3S.CH4/c1-2-3-4-13-25-17-7-5-16(6-8-17)20-19(26)21-18(23)9-10-22-11-14-24-15-12-22;/h5-8H,2-4,9-15H2,1H3,(H2,20,21,23,26);1H4. The van der Waals surface area contributed by atoms with Crippen LogP contribution in [0.15, 0.2) is 24.3 Å². The Balaban J connectivity index is 0.00000364. The summed E-state index contributed by atoms with van der Waals surface area (Å²) in [6, 6.07) is 7.58. The van der Waals surface area contributed by atoms with Gasteiger partial charge in [0, 0.05) is 31.7 Å². The lowest BCUT2D eigenvalue weighted by Gasteiger charge is -2.26. The molecule has 2 N–H and O–H groups in total. The topological polar surface area (TPSA) is 62.8 Å². The number of thiocarbonyl (C=S) groups is 1. The molecule has 1 amide bonds. The van der Waals surface area contributed by atoms with Crippen molar-refractivity contribution in [2.24, 2.45) is 0 Å². The molecule has 0 unspecified atom stereocenters. The van der Waals surface area contributed by atoms with Gasteiger partial charge < -0.3 is 20.1 Å². The maximum absolute atomic E-state index is 12.0. The molecular weight excluding hydrogens is 362 g/mol. The molecule has 0 spiro atoms. The van der Waals surface area contributed by atoms with Crippen molar-refractivity contribution in [1.29, 1.82) is 0 Å². The number of rotatable bonds is 9. The molecule has 1 aromatic rings. The van der Waals surface area contributed by atoms with Crippen molar-refractivity contribution >= 4 is 28.9 Å². The van der Waals surface area contributed by atoms with Crippen molar-refractivity contribution in [2.75, 3.05) is 44.8 Å². The molecule has 1 heterocycles. The number of hydrogen-bond acceptors (Lipinski definition) is 5. The minimum absolute atomic E-state index is 0. The van der Waals surface area contributed by atoms with Gasteiger partial charge in [0.2, 0.25) is 5.91 Å². The number of nitrogens with one attached hydrogen (secondary N) is 2. The van der Waals surface area contributed by atoms with E-state index in [1.54, 1.807) is 0 Å². The molecule has 0 aliphatic carbocycles. The third-order valence-electron chi connectivity index (χ3n) is 4.14. The number of ether oxygens (including phenoxy) is 2. The van der Waals surface area contributed by atoms with Crippen molar-refractivity contribution in [3.05, 3.63) is 24.3 Å². The highest BCUT2D eigenvalue weighted by molar-refractivity contribution is 7.80. The van der Waals surface area contributed by atoms with Crippen LogP contribution < -0.4 is 15.4 Å². The van der Waals surface area contributed by atoms with Crippen LogP contribution in [-0.2, 0) is 9.53 Å². The first-order valence-electron chi connectivity index (χ1n) is 9.31. The number of carbonyl (C=O) groups excluding carboxylic acids is 1. The van der Waals surface area contributed by atoms with Crippen molar-refractivity contribution in [1.82, 2.24) is 10.2 Å². The normalized spacial score (nSPS) is 14.1. The van der Waals surface area contributed by atoms with E-state index in [1.807, 2.05) is 24.3 Å². The predicted octanol–water partition coefficient (Wildman–Crippen LogP) is 3.43. The number of amides is 1. The van der Waals surface area contributed by atoms with Gasteiger partial charge in [0.15, 0.2) is 5.11 Å². The fraction of sp³-hybridized carbons (Fsp3) is 0.600. The van der Waals surface area contributed by atoms with Gasteiger partial charge in [0.1, 0.15) is 5.75 Å². The number of benzene rings is 1. The van der Waals surface area contributed by atoms with E-state index < -0.39 is 0 Å². The fourth-order valence-electron chi connectivity index (χ4n) is 2.61. The van der Waals surface area contributed by atoms with E-state index in [1.165, 1.54) is 12.8 Å². The van der Waals surface area contributed by atoms with E-state index in [9.17, 15) is 4.79 Å². The smallest absolute Gasteiger partial charge is 0.227 e. The predicted molar refractivity (Wildman–Crippen MR) is 114 cm³/mol. The van der Waals surface area contributed by atoms with Gasteiger partial charge in [-0.3, -0.25) is 9.69 Å². The van der Waals surface area contributed by atoms with E-state index in [0.29, 0.717) is 11.5 Å². The first kappa shape index (κ1) is 23.3. The summed E-state index contributed by atoms with van der Waals surface area (Å²) in [7, 11) is 0. The van der Waals surface area contributed by atoms with Gasteiger partial charge >= 0.3 is 0 Å². The molecule has 1 aliphatic rings. The van der Waals surface area contributed by atoms with E-state index in [0.717, 1.165) is 57.3 Å². The summed E-state index contributed by atoms with van der Waals surface area (Å²) in [5.41, 5.74) is 0.824. The number of unbranched alkanes of at least 4 members (excludes halogenated alkanes) is 2. The Hall–Kier alpha value is -1.70. The number of nitrogens with zero attached hydrogens (tertiary/aromatic N) is 1. The summed E-state index contributed by atoms with van der Waals surface area (Å²) in [6.07, 6.45) is 3.85. The first-order valence-corrected chi connectivity index (χ1v) is 9.72. The molecule has 7 heteroatoms. The first-order chi connectivity index (χ1) is 12.7. The molecule has 1 saturated heterocycles. The van der Waals surface area contributed by atoms with Crippen LogP contribution in [0.25, 0.3) is 0 Å². The second-order valence-corrected chi connectivity index (χ2v) is 6.69. The summed E-state index contributed by atoms with van der Waals surface area (Å²) < 4.78 is 11.0. The molecular formula is C20H33N3O3S. The number of anilines is 1. The number of carbonyl (C=O) groups is 1. The Bertz CT molecular complexity index is 560. The van der Waals surface area contributed by atoms with Gasteiger partial charge in [-0.2, -0.15) is 0 Å². The summed E-state index contributed by atoms with van der Waals surface area (Å²) in [5, 5.41) is 6.06. The molecule has 1 aromatic carbocycles. The van der Waals surface area contributed by atoms with Crippen LogP contribution in [0.5, 0.6) is 5.75 Å². The summed E-state index contributed by atoms with van der Waals surface area (Å²) >= 11 is 5.21. The van der Waals surface area contributed by atoms with Gasteiger partial charge in [0.25, 0.3) is 0 Å². The van der Waals surface area contributed by atoms with Crippen molar-refractivity contribution in [2.45, 2.75) is 40.0 Å². The largest absolute Gasteiger partial charge is 0.494 e. The van der Waals surface area contributed by atoms with Gasteiger partial charge in [0.05, 0.1) is 19.8 Å². The lowest BCUT2D eigenvalue weighted by Crippen LogP contribution is -2.40. The Morgan fingerprint density at radius 2 is 1.93 bits per heavy atom. The molecule has 6 nitrogen and oxygen atoms in total. The van der Waals surface area contributed by atoms with Crippen LogP contribution >= 0.6 is 12.2 Å². The van der Waals surface area contributed by atoms with Crippen LogP contribution in [0.2, 0.25) is 0 Å². The molecule has 2 rings (SSSR count). The molecule has 152 valence electrons. The highest BCUT2D eigenvalue weighted by atomic mass is 32.1. The van der Waals surface area contributed by atoms with E-state index in [2.05, 4.69) is 22.5 Å². The number of morpholine rings is 1. The van der Waals surface area contributed by atoms with Crippen LogP contribution in [0.4, 0.5) is 5.69 Å². The lowest BCUT2D eigenvalue weighted by atomic mass is 10.2. The molecule has 27 heavy (non-hydrogen) atoms. The van der Waals surface area contributed by atoms with E-state index >= 15 is 0 Å². The van der Waals surface area contributed by atoms with E-state index in [4.69, 9.17) is 21.7 Å². The zero-order chi connectivity index (χ0) is 18.6. The summed E-state index contributed by atoms with van der Waals surface area (Å²) in [5.74, 6) is 0.761. The Kier molecular flexibility index (Phi) is 11.6. The minimum Gasteiger partial charge on any atom is -0.494 e. The second kappa shape index (κ2) is 13.5. The Morgan fingerprint density at radius 1 is 1.22 bits per heavy atom. The zero-order valence-corrected chi connectivity index (χ0v) is 16.3. The highest BCUT2D eigenvalue weighted by Gasteiger charge is 2.12. The van der Waals surface area contributed by atoms with Gasteiger partial charge in [-0.15, -0.1) is 0 Å². The average molecular weight is 396 g/mol. The van der Waals surface area contributed by atoms with Gasteiger partial charge in [-0.25, -0.2) is 0 Å². The Labute approximate surface area is 168 Å². The minimum atomic E-state index is -0.0788. The molecule has 0 aromatic heterocycles. The van der Waals surface area contributed by atoms with Crippen LogP contribution in [0, 0.1) is 0 Å². The lowest BCUT2D eigenvalue weighted by molar-refractivity contribution is -0.120. The SMILES string of the molecule is C.CCCCCOc1ccc(NC(=S)NC(=O)CCN2CCOCC2)cc1. The molecule has 0 saturated carbocycles. The quantitative estimate of drug-likeness (QED) is 0.493. The van der Waals surface area contributed by atoms with Crippen LogP contribution in [0.3, 0.4) is 0 Å². The monoisotopic (exact) mass is 395 g/mol. The maximum atomic E-state index is 12.0. The molecule has 1 fully saturated rings. The fourth-order valence-corrected chi connectivity index (χ4v) is 2.84. The molecule has 0 atom stereocenters.